The number of anilines is 2. The van der Waals surface area contributed by atoms with Crippen LogP contribution in [-0.4, -0.2) is 38.4 Å². The van der Waals surface area contributed by atoms with Gasteiger partial charge in [-0.25, -0.2) is 18.7 Å². The fourth-order valence-electron chi connectivity index (χ4n) is 3.07. The predicted octanol–water partition coefficient (Wildman–Crippen LogP) is 4.87. The highest BCUT2D eigenvalue weighted by molar-refractivity contribution is 6.32. The lowest BCUT2D eigenvalue weighted by molar-refractivity contribution is 0.335. The van der Waals surface area contributed by atoms with Gasteiger partial charge in [0.1, 0.15) is 23.1 Å². The van der Waals surface area contributed by atoms with Crippen molar-refractivity contribution >= 4 is 23.1 Å². The van der Waals surface area contributed by atoms with E-state index in [1.54, 1.807) is 31.5 Å². The second-order valence-electron chi connectivity index (χ2n) is 6.79. The highest BCUT2D eigenvalue weighted by Gasteiger charge is 2.18. The van der Waals surface area contributed by atoms with Crippen molar-refractivity contribution in [1.29, 1.82) is 0 Å². The van der Waals surface area contributed by atoms with Crippen LogP contribution < -0.4 is 14.8 Å². The second-order valence-corrected chi connectivity index (χ2v) is 7.20. The SMILES string of the molecule is CCOc1cc(F)c(Cn2cc(Cl)c(-c3ncc(OC)c(Nc4ccncc4)n3)n2)c(F)c1. The van der Waals surface area contributed by atoms with E-state index < -0.39 is 11.6 Å². The summed E-state index contributed by atoms with van der Waals surface area (Å²) in [4.78, 5) is 12.7. The highest BCUT2D eigenvalue weighted by atomic mass is 35.5. The van der Waals surface area contributed by atoms with Gasteiger partial charge in [0.25, 0.3) is 0 Å². The van der Waals surface area contributed by atoms with Gasteiger partial charge in [-0.3, -0.25) is 9.67 Å². The summed E-state index contributed by atoms with van der Waals surface area (Å²) >= 11 is 6.35. The quantitative estimate of drug-likeness (QED) is 0.391. The molecule has 0 atom stereocenters. The molecule has 0 saturated carbocycles. The molecular weight excluding hydrogens is 454 g/mol. The van der Waals surface area contributed by atoms with Crippen molar-refractivity contribution in [3.05, 3.63) is 71.3 Å². The number of ether oxygens (including phenoxy) is 2. The van der Waals surface area contributed by atoms with Crippen molar-refractivity contribution in [2.45, 2.75) is 13.5 Å². The number of hydrogen-bond donors (Lipinski definition) is 1. The molecular formula is C22H19ClF2N6O2. The zero-order valence-electron chi connectivity index (χ0n) is 17.7. The molecule has 170 valence electrons. The molecule has 4 rings (SSSR count). The van der Waals surface area contributed by atoms with Crippen molar-refractivity contribution in [3.8, 4) is 23.0 Å². The lowest BCUT2D eigenvalue weighted by atomic mass is 10.2. The molecule has 0 radical (unpaired) electrons. The van der Waals surface area contributed by atoms with E-state index in [0.717, 1.165) is 17.8 Å². The Morgan fingerprint density at radius 2 is 1.88 bits per heavy atom. The third-order valence-electron chi connectivity index (χ3n) is 4.59. The molecule has 0 aliphatic carbocycles. The Labute approximate surface area is 193 Å². The molecule has 3 heterocycles. The Morgan fingerprint density at radius 1 is 1.15 bits per heavy atom. The van der Waals surface area contributed by atoms with Gasteiger partial charge in [-0.2, -0.15) is 5.10 Å². The van der Waals surface area contributed by atoms with E-state index in [1.165, 1.54) is 24.2 Å². The van der Waals surface area contributed by atoms with Gasteiger partial charge in [-0.15, -0.1) is 0 Å². The Bertz CT molecular complexity index is 1250. The van der Waals surface area contributed by atoms with E-state index in [-0.39, 0.29) is 34.4 Å². The molecule has 0 aliphatic rings. The number of pyridine rings is 1. The van der Waals surface area contributed by atoms with E-state index in [0.29, 0.717) is 18.2 Å². The van der Waals surface area contributed by atoms with Crippen LogP contribution in [0, 0.1) is 11.6 Å². The summed E-state index contributed by atoms with van der Waals surface area (Å²) < 4.78 is 40.7. The zero-order chi connectivity index (χ0) is 23.4. The third kappa shape index (κ3) is 5.01. The number of methoxy groups -OCH3 is 1. The summed E-state index contributed by atoms with van der Waals surface area (Å²) in [6, 6.07) is 5.81. The minimum atomic E-state index is -0.740. The van der Waals surface area contributed by atoms with Crippen LogP contribution in [0.5, 0.6) is 11.5 Å². The maximum Gasteiger partial charge on any atom is 0.183 e. The standard InChI is InChI=1S/C22H19ClF2N6O2/c1-3-33-14-8-17(24)15(18(25)9-14)11-31-12-16(23)20(30-31)22-27-10-19(32-2)21(29-22)28-13-4-6-26-7-5-13/h4-10,12H,3,11H2,1-2H3,(H,26,27,28,29). The zero-order valence-corrected chi connectivity index (χ0v) is 18.5. The number of aromatic nitrogens is 5. The van der Waals surface area contributed by atoms with Crippen LogP contribution in [0.4, 0.5) is 20.3 Å². The first-order valence-electron chi connectivity index (χ1n) is 9.90. The molecule has 0 unspecified atom stereocenters. The number of benzene rings is 1. The van der Waals surface area contributed by atoms with Crippen LogP contribution in [-0.2, 0) is 6.54 Å². The van der Waals surface area contributed by atoms with Gasteiger partial charge < -0.3 is 14.8 Å². The summed E-state index contributed by atoms with van der Waals surface area (Å²) in [5.74, 6) is -0.347. The van der Waals surface area contributed by atoms with Crippen LogP contribution in [0.15, 0.2) is 49.1 Å². The molecule has 0 spiro atoms. The van der Waals surface area contributed by atoms with Crippen LogP contribution in [0.1, 0.15) is 12.5 Å². The van der Waals surface area contributed by atoms with Crippen molar-refractivity contribution in [3.63, 3.8) is 0 Å². The van der Waals surface area contributed by atoms with Crippen LogP contribution in [0.2, 0.25) is 5.02 Å². The molecule has 0 saturated heterocycles. The average Bonchev–Trinajstić information content (AvgIpc) is 3.17. The molecule has 0 bridgehead atoms. The molecule has 4 aromatic rings. The number of halogens is 3. The fourth-order valence-corrected chi connectivity index (χ4v) is 3.30. The first-order valence-corrected chi connectivity index (χ1v) is 10.3. The Balaban J connectivity index is 1.63. The molecule has 1 N–H and O–H groups in total. The van der Waals surface area contributed by atoms with Gasteiger partial charge in [0, 0.05) is 42.0 Å². The molecule has 3 aromatic heterocycles. The number of hydrogen-bond acceptors (Lipinski definition) is 7. The molecule has 33 heavy (non-hydrogen) atoms. The van der Waals surface area contributed by atoms with Crippen molar-refractivity contribution < 1.29 is 18.3 Å². The normalized spacial score (nSPS) is 10.8. The van der Waals surface area contributed by atoms with Gasteiger partial charge in [0.15, 0.2) is 17.4 Å². The van der Waals surface area contributed by atoms with Crippen molar-refractivity contribution in [1.82, 2.24) is 24.7 Å². The molecule has 0 aliphatic heterocycles. The van der Waals surface area contributed by atoms with E-state index in [2.05, 4.69) is 25.4 Å². The van der Waals surface area contributed by atoms with Crippen molar-refractivity contribution in [2.24, 2.45) is 0 Å². The second kappa shape index (κ2) is 9.78. The topological polar surface area (TPSA) is 87.0 Å². The van der Waals surface area contributed by atoms with Crippen LogP contribution in [0.25, 0.3) is 11.5 Å². The largest absolute Gasteiger partial charge is 0.494 e. The van der Waals surface area contributed by atoms with Gasteiger partial charge in [-0.05, 0) is 19.1 Å². The maximum atomic E-state index is 14.4. The third-order valence-corrected chi connectivity index (χ3v) is 4.87. The smallest absolute Gasteiger partial charge is 0.183 e. The van der Waals surface area contributed by atoms with Crippen molar-refractivity contribution in [2.75, 3.05) is 19.0 Å². The van der Waals surface area contributed by atoms with Gasteiger partial charge in [0.2, 0.25) is 0 Å². The van der Waals surface area contributed by atoms with Gasteiger partial charge in [0.05, 0.1) is 31.5 Å². The van der Waals surface area contributed by atoms with E-state index >= 15 is 0 Å². The summed E-state index contributed by atoms with van der Waals surface area (Å²) in [6.07, 6.45) is 6.20. The molecule has 11 heteroatoms. The number of nitrogens with zero attached hydrogens (tertiary/aromatic N) is 5. The summed E-state index contributed by atoms with van der Waals surface area (Å²) in [6.45, 7) is 1.86. The summed E-state index contributed by atoms with van der Waals surface area (Å²) in [7, 11) is 1.50. The van der Waals surface area contributed by atoms with E-state index in [9.17, 15) is 8.78 Å². The minimum absolute atomic E-state index is 0.122. The molecule has 1 aromatic carbocycles. The Kier molecular flexibility index (Phi) is 6.64. The molecule has 0 fully saturated rings. The molecule has 0 amide bonds. The first kappa shape index (κ1) is 22.4. The van der Waals surface area contributed by atoms with E-state index in [4.69, 9.17) is 21.1 Å². The lowest BCUT2D eigenvalue weighted by Gasteiger charge is -2.10. The number of nitrogens with one attached hydrogen (secondary N) is 1. The van der Waals surface area contributed by atoms with Crippen LogP contribution in [0.3, 0.4) is 0 Å². The summed E-state index contributed by atoms with van der Waals surface area (Å²) in [5, 5.41) is 7.69. The number of rotatable bonds is 8. The Morgan fingerprint density at radius 3 is 2.55 bits per heavy atom. The Hall–Kier alpha value is -3.79. The minimum Gasteiger partial charge on any atom is -0.494 e. The first-order chi connectivity index (χ1) is 16.0. The lowest BCUT2D eigenvalue weighted by Crippen LogP contribution is -2.07. The summed E-state index contributed by atoms with van der Waals surface area (Å²) in [5.41, 5.74) is 0.828. The van der Waals surface area contributed by atoms with E-state index in [1.807, 2.05) is 0 Å². The monoisotopic (exact) mass is 472 g/mol. The van der Waals surface area contributed by atoms with Crippen LogP contribution >= 0.6 is 11.6 Å². The highest BCUT2D eigenvalue weighted by Crippen LogP contribution is 2.30. The predicted molar refractivity (Wildman–Crippen MR) is 119 cm³/mol. The fraction of sp³-hybridized carbons (Fsp3) is 0.182. The molecule has 8 nitrogen and oxygen atoms in total. The maximum absolute atomic E-state index is 14.4. The van der Waals surface area contributed by atoms with Gasteiger partial charge in [-0.1, -0.05) is 11.6 Å². The average molecular weight is 473 g/mol. The van der Waals surface area contributed by atoms with Gasteiger partial charge >= 0.3 is 0 Å².